The summed E-state index contributed by atoms with van der Waals surface area (Å²) in [4.78, 5) is 54.3. The van der Waals surface area contributed by atoms with Crippen LogP contribution in [-0.2, 0) is 35.2 Å². The third-order valence-corrected chi connectivity index (χ3v) is 7.36. The summed E-state index contributed by atoms with van der Waals surface area (Å²) in [6, 6.07) is 12.2. The SMILES string of the molecule is CCOC(=O)C[C@H]1C(=O)N(C(C(=O)NCc2ccccc2)c2cccs2)C[C@]12C=CC(=O)C(OC)=C2. The van der Waals surface area contributed by atoms with Crippen molar-refractivity contribution in [3.05, 3.63) is 82.3 Å². The second kappa shape index (κ2) is 10.9. The molecule has 0 radical (unpaired) electrons. The second-order valence-corrected chi connectivity index (χ2v) is 9.65. The van der Waals surface area contributed by atoms with E-state index in [0.717, 1.165) is 5.56 Å². The highest BCUT2D eigenvalue weighted by Crippen LogP contribution is 2.47. The number of esters is 1. The number of nitrogens with zero attached hydrogens (tertiary/aromatic N) is 1. The van der Waals surface area contributed by atoms with E-state index in [1.165, 1.54) is 29.4 Å². The number of ketones is 1. The van der Waals surface area contributed by atoms with Crippen LogP contribution in [0.2, 0.25) is 0 Å². The number of hydrogen-bond acceptors (Lipinski definition) is 7. The lowest BCUT2D eigenvalue weighted by atomic mass is 9.73. The topological polar surface area (TPSA) is 102 Å². The molecule has 9 heteroatoms. The number of carbonyl (C=O) groups is 4. The van der Waals surface area contributed by atoms with Crippen LogP contribution in [0.5, 0.6) is 0 Å². The lowest BCUT2D eigenvalue weighted by Crippen LogP contribution is -2.41. The van der Waals surface area contributed by atoms with E-state index in [1.54, 1.807) is 19.1 Å². The lowest BCUT2D eigenvalue weighted by Gasteiger charge is -2.30. The number of nitrogens with one attached hydrogen (secondary N) is 1. The highest BCUT2D eigenvalue weighted by Gasteiger charge is 2.55. The van der Waals surface area contributed by atoms with Gasteiger partial charge in [0.15, 0.2) is 5.76 Å². The van der Waals surface area contributed by atoms with Crippen LogP contribution in [0, 0.1) is 11.3 Å². The third kappa shape index (κ3) is 5.11. The average molecular weight is 509 g/mol. The van der Waals surface area contributed by atoms with Crippen LogP contribution in [-0.4, -0.2) is 48.7 Å². The summed E-state index contributed by atoms with van der Waals surface area (Å²) in [5, 5.41) is 4.80. The fourth-order valence-corrected chi connectivity index (χ4v) is 5.53. The van der Waals surface area contributed by atoms with Gasteiger partial charge in [-0.25, -0.2) is 0 Å². The fraction of sp³-hybridized carbons (Fsp3) is 0.333. The minimum Gasteiger partial charge on any atom is -0.493 e. The zero-order valence-electron chi connectivity index (χ0n) is 20.1. The third-order valence-electron chi connectivity index (χ3n) is 6.44. The molecule has 2 aliphatic rings. The second-order valence-electron chi connectivity index (χ2n) is 8.67. The van der Waals surface area contributed by atoms with Gasteiger partial charge < -0.3 is 19.7 Å². The number of allylic oxidation sites excluding steroid dienone is 1. The fourth-order valence-electron chi connectivity index (χ4n) is 4.70. The minimum atomic E-state index is -1.00. The van der Waals surface area contributed by atoms with Crippen LogP contribution in [0.4, 0.5) is 0 Å². The Bertz CT molecular complexity index is 1190. The first kappa shape index (κ1) is 25.4. The Kier molecular flexibility index (Phi) is 7.69. The number of benzene rings is 1. The zero-order chi connectivity index (χ0) is 25.7. The maximum Gasteiger partial charge on any atom is 0.306 e. The summed E-state index contributed by atoms with van der Waals surface area (Å²) >= 11 is 1.38. The Hall–Kier alpha value is -3.72. The molecule has 1 aliphatic heterocycles. The van der Waals surface area contributed by atoms with E-state index in [4.69, 9.17) is 9.47 Å². The van der Waals surface area contributed by atoms with Gasteiger partial charge in [0.25, 0.3) is 0 Å². The maximum atomic E-state index is 13.9. The Morgan fingerprint density at radius 1 is 1.19 bits per heavy atom. The zero-order valence-corrected chi connectivity index (χ0v) is 21.0. The maximum absolute atomic E-state index is 13.9. The molecule has 0 bridgehead atoms. The van der Waals surface area contributed by atoms with Crippen molar-refractivity contribution < 1.29 is 28.7 Å². The van der Waals surface area contributed by atoms with Gasteiger partial charge in [-0.15, -0.1) is 11.3 Å². The Morgan fingerprint density at radius 3 is 2.64 bits per heavy atom. The van der Waals surface area contributed by atoms with Crippen LogP contribution in [0.3, 0.4) is 0 Å². The highest BCUT2D eigenvalue weighted by atomic mass is 32.1. The van der Waals surface area contributed by atoms with E-state index in [0.29, 0.717) is 11.4 Å². The molecular weight excluding hydrogens is 480 g/mol. The van der Waals surface area contributed by atoms with Gasteiger partial charge >= 0.3 is 5.97 Å². The van der Waals surface area contributed by atoms with Gasteiger partial charge in [-0.2, -0.15) is 0 Å². The molecule has 1 saturated heterocycles. The molecule has 36 heavy (non-hydrogen) atoms. The molecule has 2 amide bonds. The Balaban J connectivity index is 1.68. The number of rotatable bonds is 9. The summed E-state index contributed by atoms with van der Waals surface area (Å²) in [5.74, 6) is -2.27. The molecule has 1 aromatic carbocycles. The number of thiophene rings is 1. The number of hydrogen-bond donors (Lipinski definition) is 1. The van der Waals surface area contributed by atoms with Gasteiger partial charge in [0, 0.05) is 23.4 Å². The average Bonchev–Trinajstić information content (AvgIpc) is 3.49. The largest absolute Gasteiger partial charge is 0.493 e. The van der Waals surface area contributed by atoms with E-state index in [2.05, 4.69) is 5.32 Å². The van der Waals surface area contributed by atoms with E-state index >= 15 is 0 Å². The van der Waals surface area contributed by atoms with Crippen molar-refractivity contribution in [1.29, 1.82) is 0 Å². The first-order valence-corrected chi connectivity index (χ1v) is 12.6. The number of ether oxygens (including phenoxy) is 2. The monoisotopic (exact) mass is 508 g/mol. The minimum absolute atomic E-state index is 0.0993. The summed E-state index contributed by atoms with van der Waals surface area (Å²) in [7, 11) is 1.39. The number of methoxy groups -OCH3 is 1. The molecule has 1 N–H and O–H groups in total. The molecular formula is C27H28N2O6S. The molecule has 1 aliphatic carbocycles. The molecule has 1 fully saturated rings. The quantitative estimate of drug-likeness (QED) is 0.522. The van der Waals surface area contributed by atoms with Gasteiger partial charge in [-0.3, -0.25) is 19.2 Å². The standard InChI is InChI=1S/C27H28N2O6S/c1-3-35-23(31)14-19-26(33)29(17-27(19)12-11-20(30)21(15-27)34-2)24(22-10-7-13-36-22)25(32)28-16-18-8-5-4-6-9-18/h4-13,15,19,24H,3,14,16-17H2,1-2H3,(H,28,32)/t19-,24?,27+/m0/s1. The molecule has 2 aromatic rings. The summed E-state index contributed by atoms with van der Waals surface area (Å²) in [6.07, 6.45) is 4.43. The molecule has 4 rings (SSSR count). The van der Waals surface area contributed by atoms with Gasteiger partial charge in [-0.05, 0) is 36.1 Å². The smallest absolute Gasteiger partial charge is 0.306 e. The van der Waals surface area contributed by atoms with Crippen molar-refractivity contribution >= 4 is 34.9 Å². The number of likely N-dealkylation sites (tertiary alicyclic amines) is 1. The first-order chi connectivity index (χ1) is 17.4. The van der Waals surface area contributed by atoms with Gasteiger partial charge in [-0.1, -0.05) is 42.5 Å². The van der Waals surface area contributed by atoms with Crippen molar-refractivity contribution in [1.82, 2.24) is 10.2 Å². The summed E-state index contributed by atoms with van der Waals surface area (Å²) in [5.41, 5.74) is -0.0696. The van der Waals surface area contributed by atoms with E-state index < -0.39 is 23.3 Å². The molecule has 0 saturated carbocycles. The molecule has 8 nitrogen and oxygen atoms in total. The molecule has 188 valence electrons. The summed E-state index contributed by atoms with van der Waals surface area (Å²) in [6.45, 7) is 2.29. The van der Waals surface area contributed by atoms with E-state index in [-0.39, 0.29) is 42.9 Å². The van der Waals surface area contributed by atoms with Crippen LogP contribution >= 0.6 is 11.3 Å². The molecule has 3 atom stereocenters. The highest BCUT2D eigenvalue weighted by molar-refractivity contribution is 7.10. The number of carbonyl (C=O) groups excluding carboxylic acids is 4. The van der Waals surface area contributed by atoms with Crippen molar-refractivity contribution in [3.63, 3.8) is 0 Å². The van der Waals surface area contributed by atoms with Gasteiger partial charge in [0.2, 0.25) is 17.6 Å². The molecule has 1 unspecified atom stereocenters. The predicted octanol–water partition coefficient (Wildman–Crippen LogP) is 3.17. The van der Waals surface area contributed by atoms with Crippen LogP contribution < -0.4 is 5.32 Å². The van der Waals surface area contributed by atoms with Crippen molar-refractivity contribution in [2.24, 2.45) is 11.3 Å². The van der Waals surface area contributed by atoms with Crippen molar-refractivity contribution in [2.45, 2.75) is 25.9 Å². The lowest BCUT2D eigenvalue weighted by molar-refractivity contribution is -0.148. The summed E-state index contributed by atoms with van der Waals surface area (Å²) < 4.78 is 10.4. The van der Waals surface area contributed by atoms with Gasteiger partial charge in [0.05, 0.1) is 26.1 Å². The van der Waals surface area contributed by atoms with Crippen LogP contribution in [0.1, 0.15) is 29.8 Å². The van der Waals surface area contributed by atoms with Crippen molar-refractivity contribution in [2.75, 3.05) is 20.3 Å². The first-order valence-electron chi connectivity index (χ1n) is 11.7. The van der Waals surface area contributed by atoms with Crippen LogP contribution in [0.25, 0.3) is 0 Å². The Morgan fingerprint density at radius 2 is 1.97 bits per heavy atom. The predicted molar refractivity (Wildman–Crippen MR) is 133 cm³/mol. The Labute approximate surface area is 213 Å². The molecule has 1 aromatic heterocycles. The van der Waals surface area contributed by atoms with Gasteiger partial charge in [0.1, 0.15) is 6.04 Å². The van der Waals surface area contributed by atoms with E-state index in [1.807, 2.05) is 47.8 Å². The number of amides is 2. The molecule has 1 spiro atoms. The van der Waals surface area contributed by atoms with Crippen molar-refractivity contribution in [3.8, 4) is 0 Å². The van der Waals surface area contributed by atoms with Crippen LogP contribution in [0.15, 0.2) is 71.8 Å². The normalized spacial score (nSPS) is 21.9. The molecule has 2 heterocycles. The van der Waals surface area contributed by atoms with E-state index in [9.17, 15) is 19.2 Å².